The average molecular weight is 231 g/mol. The van der Waals surface area contributed by atoms with E-state index in [0.717, 1.165) is 34.3 Å². The zero-order valence-corrected chi connectivity index (χ0v) is 10.7. The summed E-state index contributed by atoms with van der Waals surface area (Å²) in [5.41, 5.74) is 9.71. The van der Waals surface area contributed by atoms with Gasteiger partial charge in [-0.15, -0.1) is 0 Å². The number of hydrogen-bond donors (Lipinski definition) is 1. The van der Waals surface area contributed by atoms with E-state index in [9.17, 15) is 0 Å². The molecule has 5 nitrogen and oxygen atoms in total. The molecule has 0 fully saturated rings. The van der Waals surface area contributed by atoms with Crippen molar-refractivity contribution in [3.63, 3.8) is 0 Å². The maximum Gasteiger partial charge on any atom is 0.148 e. The van der Waals surface area contributed by atoms with Gasteiger partial charge in [-0.1, -0.05) is 0 Å². The molecule has 0 saturated carbocycles. The first-order valence-corrected chi connectivity index (χ1v) is 5.60. The number of nitrogens with zero attached hydrogens (tertiary/aromatic N) is 4. The lowest BCUT2D eigenvalue weighted by molar-refractivity contribution is 0.804. The lowest BCUT2D eigenvalue weighted by Gasteiger charge is -2.12. The number of rotatable bonds is 2. The van der Waals surface area contributed by atoms with Crippen LogP contribution in [0, 0.1) is 27.7 Å². The van der Waals surface area contributed by atoms with Crippen molar-refractivity contribution in [1.82, 2.24) is 19.7 Å². The van der Waals surface area contributed by atoms with E-state index in [1.54, 1.807) is 0 Å². The van der Waals surface area contributed by atoms with Crippen LogP contribution in [0.1, 0.15) is 28.6 Å². The Balaban J connectivity index is 2.69. The molecule has 0 atom stereocenters. The Labute approximate surface area is 101 Å². The van der Waals surface area contributed by atoms with E-state index in [1.807, 2.05) is 38.4 Å². The number of pyridine rings is 1. The van der Waals surface area contributed by atoms with Crippen LogP contribution in [-0.2, 0) is 6.54 Å². The van der Waals surface area contributed by atoms with Gasteiger partial charge in [0.25, 0.3) is 0 Å². The monoisotopic (exact) mass is 231 g/mol. The van der Waals surface area contributed by atoms with Gasteiger partial charge in [0.1, 0.15) is 11.6 Å². The smallest absolute Gasteiger partial charge is 0.148 e. The molecular weight excluding hydrogens is 214 g/mol. The summed E-state index contributed by atoms with van der Waals surface area (Å²) in [5, 5.41) is 4.39. The molecule has 17 heavy (non-hydrogen) atoms. The molecule has 0 saturated heterocycles. The van der Waals surface area contributed by atoms with Crippen LogP contribution in [0.15, 0.2) is 6.07 Å². The van der Waals surface area contributed by atoms with Crippen LogP contribution in [-0.4, -0.2) is 19.7 Å². The molecule has 0 aromatic carbocycles. The van der Waals surface area contributed by atoms with Crippen molar-refractivity contribution >= 4 is 0 Å². The van der Waals surface area contributed by atoms with Crippen molar-refractivity contribution in [2.75, 3.05) is 0 Å². The maximum absolute atomic E-state index is 5.79. The van der Waals surface area contributed by atoms with Gasteiger partial charge in [0.15, 0.2) is 0 Å². The number of nitrogens with two attached hydrogens (primary N) is 1. The molecule has 2 aromatic rings. The molecule has 0 aliphatic heterocycles. The molecular formula is C12H17N5. The summed E-state index contributed by atoms with van der Waals surface area (Å²) in [5.74, 6) is 1.62. The van der Waals surface area contributed by atoms with Gasteiger partial charge in [-0.3, -0.25) is 4.98 Å². The number of aryl methyl sites for hydroxylation is 4. The first-order chi connectivity index (χ1) is 8.02. The van der Waals surface area contributed by atoms with Gasteiger partial charge in [0.05, 0.1) is 5.69 Å². The standard InChI is InChI=1S/C12H17N5/c1-7-5-12(11(6-13)8(2)14-7)17-10(4)15-9(3)16-17/h5H,6,13H2,1-4H3. The van der Waals surface area contributed by atoms with E-state index in [1.165, 1.54) is 0 Å². The first-order valence-electron chi connectivity index (χ1n) is 5.60. The molecule has 0 radical (unpaired) electrons. The van der Waals surface area contributed by atoms with Crippen molar-refractivity contribution in [2.24, 2.45) is 5.73 Å². The predicted octanol–water partition coefficient (Wildman–Crippen LogP) is 1.35. The van der Waals surface area contributed by atoms with E-state index in [2.05, 4.69) is 15.1 Å². The predicted molar refractivity (Wildman–Crippen MR) is 66.0 cm³/mol. The molecule has 0 aliphatic rings. The second-order valence-electron chi connectivity index (χ2n) is 4.17. The van der Waals surface area contributed by atoms with Crippen LogP contribution in [0.4, 0.5) is 0 Å². The Kier molecular flexibility index (Phi) is 2.93. The summed E-state index contributed by atoms with van der Waals surface area (Å²) in [6, 6.07) is 2.00. The fourth-order valence-electron chi connectivity index (χ4n) is 2.03. The van der Waals surface area contributed by atoms with Crippen molar-refractivity contribution < 1.29 is 0 Å². The van der Waals surface area contributed by atoms with Crippen molar-refractivity contribution in [2.45, 2.75) is 34.2 Å². The third-order valence-electron chi connectivity index (χ3n) is 2.74. The highest BCUT2D eigenvalue weighted by Crippen LogP contribution is 2.18. The number of hydrogen-bond acceptors (Lipinski definition) is 4. The fourth-order valence-corrected chi connectivity index (χ4v) is 2.03. The minimum absolute atomic E-state index is 0.451. The fraction of sp³-hybridized carbons (Fsp3) is 0.417. The molecule has 5 heteroatoms. The van der Waals surface area contributed by atoms with Crippen molar-refractivity contribution in [3.05, 3.63) is 34.7 Å². The topological polar surface area (TPSA) is 69.6 Å². The van der Waals surface area contributed by atoms with E-state index in [0.29, 0.717) is 6.54 Å². The zero-order chi connectivity index (χ0) is 12.6. The molecule has 0 aliphatic carbocycles. The Morgan fingerprint density at radius 1 is 1.18 bits per heavy atom. The van der Waals surface area contributed by atoms with Gasteiger partial charge < -0.3 is 5.73 Å². The van der Waals surface area contributed by atoms with Gasteiger partial charge in [0.2, 0.25) is 0 Å². The minimum atomic E-state index is 0.451. The molecule has 2 heterocycles. The van der Waals surface area contributed by atoms with Gasteiger partial charge in [-0.2, -0.15) is 5.10 Å². The Hall–Kier alpha value is -1.75. The van der Waals surface area contributed by atoms with E-state index in [4.69, 9.17) is 5.73 Å². The lowest BCUT2D eigenvalue weighted by Crippen LogP contribution is -2.11. The lowest BCUT2D eigenvalue weighted by atomic mass is 10.1. The quantitative estimate of drug-likeness (QED) is 0.847. The zero-order valence-electron chi connectivity index (χ0n) is 10.7. The van der Waals surface area contributed by atoms with Crippen LogP contribution in [0.25, 0.3) is 5.69 Å². The van der Waals surface area contributed by atoms with Crippen molar-refractivity contribution in [3.8, 4) is 5.69 Å². The molecule has 0 amide bonds. The van der Waals surface area contributed by atoms with Crippen LogP contribution in [0.2, 0.25) is 0 Å². The summed E-state index contributed by atoms with van der Waals surface area (Å²) in [4.78, 5) is 8.74. The maximum atomic E-state index is 5.79. The normalized spacial score (nSPS) is 10.9. The van der Waals surface area contributed by atoms with Gasteiger partial charge in [-0.05, 0) is 33.8 Å². The van der Waals surface area contributed by atoms with Crippen LogP contribution < -0.4 is 5.73 Å². The Bertz CT molecular complexity index is 556. The largest absolute Gasteiger partial charge is 0.326 e. The van der Waals surface area contributed by atoms with Crippen LogP contribution >= 0.6 is 0 Å². The van der Waals surface area contributed by atoms with E-state index < -0.39 is 0 Å². The first kappa shape index (κ1) is 11.7. The van der Waals surface area contributed by atoms with E-state index in [-0.39, 0.29) is 0 Å². The Morgan fingerprint density at radius 2 is 1.88 bits per heavy atom. The summed E-state index contributed by atoms with van der Waals surface area (Å²) in [7, 11) is 0. The van der Waals surface area contributed by atoms with Gasteiger partial charge in [-0.25, -0.2) is 9.67 Å². The Morgan fingerprint density at radius 3 is 2.41 bits per heavy atom. The minimum Gasteiger partial charge on any atom is -0.326 e. The molecule has 2 aromatic heterocycles. The average Bonchev–Trinajstić information content (AvgIpc) is 2.56. The van der Waals surface area contributed by atoms with Crippen LogP contribution in [0.5, 0.6) is 0 Å². The molecule has 0 bridgehead atoms. The highest BCUT2D eigenvalue weighted by molar-refractivity contribution is 5.44. The summed E-state index contributed by atoms with van der Waals surface area (Å²) < 4.78 is 1.83. The summed E-state index contributed by atoms with van der Waals surface area (Å²) in [6.45, 7) is 8.21. The molecule has 2 N–H and O–H groups in total. The second-order valence-corrected chi connectivity index (χ2v) is 4.17. The van der Waals surface area contributed by atoms with Crippen LogP contribution in [0.3, 0.4) is 0 Å². The highest BCUT2D eigenvalue weighted by Gasteiger charge is 2.12. The SMILES string of the molecule is Cc1cc(-n2nc(C)nc2C)c(CN)c(C)n1. The third kappa shape index (κ3) is 2.06. The summed E-state index contributed by atoms with van der Waals surface area (Å²) >= 11 is 0. The second kappa shape index (κ2) is 4.25. The van der Waals surface area contributed by atoms with Gasteiger partial charge >= 0.3 is 0 Å². The van der Waals surface area contributed by atoms with Crippen molar-refractivity contribution in [1.29, 1.82) is 0 Å². The molecule has 90 valence electrons. The molecule has 0 unspecified atom stereocenters. The number of aromatic nitrogens is 4. The molecule has 2 rings (SSSR count). The van der Waals surface area contributed by atoms with Gasteiger partial charge in [0, 0.05) is 23.5 Å². The van der Waals surface area contributed by atoms with E-state index >= 15 is 0 Å². The summed E-state index contributed by atoms with van der Waals surface area (Å²) in [6.07, 6.45) is 0. The molecule has 0 spiro atoms. The highest BCUT2D eigenvalue weighted by atomic mass is 15.3. The third-order valence-corrected chi connectivity index (χ3v) is 2.74.